The molecule has 300 valence electrons. The number of aromatic nitrogens is 1. The lowest BCUT2D eigenvalue weighted by molar-refractivity contribution is 0.670. The van der Waals surface area contributed by atoms with Crippen molar-refractivity contribution >= 4 is 92.3 Å². The minimum Gasteiger partial charge on any atom is -0.455 e. The van der Waals surface area contributed by atoms with Gasteiger partial charge in [0.05, 0.1) is 22.4 Å². The van der Waals surface area contributed by atoms with E-state index in [1.807, 2.05) is 17.4 Å². The maximum Gasteiger partial charge on any atom is 0.143 e. The number of hydrogen-bond donors (Lipinski definition) is 0. The zero-order valence-electron chi connectivity index (χ0n) is 34.7. The van der Waals surface area contributed by atoms with Gasteiger partial charge < -0.3 is 13.9 Å². The van der Waals surface area contributed by atoms with E-state index in [0.29, 0.717) is 0 Å². The standard InChI is InChI=1S/C60H38N2OS/c1-3-14-39(15-4-1)41-26-31-44(32-27-41)61(45-33-28-42(29-34-45)40-16-5-2-6-17-40)54-38-43(46-21-13-22-48-47-18-8-11-24-55(47)63-60(46)48)30-35-52(54)62-51-23-10-7-19-49(51)58-53(62)36-37-57-59(58)50-20-9-12-25-56(50)64-57/h1-38H. The summed E-state index contributed by atoms with van der Waals surface area (Å²) in [5.41, 5.74) is 15.2. The molecule has 3 aromatic heterocycles. The molecule has 0 radical (unpaired) electrons. The van der Waals surface area contributed by atoms with Crippen molar-refractivity contribution in [3.8, 4) is 39.1 Å². The minimum atomic E-state index is 0.886. The van der Waals surface area contributed by atoms with Gasteiger partial charge in [0.2, 0.25) is 0 Å². The number of anilines is 3. The van der Waals surface area contributed by atoms with Crippen LogP contribution in [0.2, 0.25) is 0 Å². The van der Waals surface area contributed by atoms with Crippen LogP contribution in [0, 0.1) is 0 Å². The lowest BCUT2D eigenvalue weighted by atomic mass is 9.99. The number of rotatable bonds is 7. The van der Waals surface area contributed by atoms with Gasteiger partial charge in [-0.25, -0.2) is 0 Å². The van der Waals surface area contributed by atoms with Crippen molar-refractivity contribution in [3.63, 3.8) is 0 Å². The molecule has 0 saturated heterocycles. The average Bonchev–Trinajstić information content (AvgIpc) is 4.05. The molecule has 13 aromatic rings. The molecule has 0 spiro atoms. The van der Waals surface area contributed by atoms with Crippen molar-refractivity contribution in [1.29, 1.82) is 0 Å². The Morgan fingerprint density at radius 2 is 0.953 bits per heavy atom. The van der Waals surface area contributed by atoms with Crippen LogP contribution >= 0.6 is 11.3 Å². The van der Waals surface area contributed by atoms with E-state index in [0.717, 1.165) is 61.3 Å². The zero-order chi connectivity index (χ0) is 42.1. The quantitative estimate of drug-likeness (QED) is 0.159. The Bertz CT molecular complexity index is 3800. The smallest absolute Gasteiger partial charge is 0.143 e. The Labute approximate surface area is 373 Å². The summed E-state index contributed by atoms with van der Waals surface area (Å²) in [5, 5.41) is 7.35. The Balaban J connectivity index is 1.11. The van der Waals surface area contributed by atoms with Crippen molar-refractivity contribution in [3.05, 3.63) is 231 Å². The zero-order valence-corrected chi connectivity index (χ0v) is 35.5. The third-order valence-electron chi connectivity index (χ3n) is 12.8. The molecule has 0 saturated carbocycles. The van der Waals surface area contributed by atoms with Crippen LogP contribution in [0.5, 0.6) is 0 Å². The molecular formula is C60H38N2OS. The average molecular weight is 835 g/mol. The number of benzene rings is 10. The highest BCUT2D eigenvalue weighted by atomic mass is 32.1. The Morgan fingerprint density at radius 1 is 0.375 bits per heavy atom. The van der Waals surface area contributed by atoms with E-state index >= 15 is 0 Å². The molecule has 0 atom stereocenters. The van der Waals surface area contributed by atoms with Crippen molar-refractivity contribution in [2.24, 2.45) is 0 Å². The van der Waals surface area contributed by atoms with Crippen LogP contribution in [0.4, 0.5) is 17.1 Å². The van der Waals surface area contributed by atoms with Crippen LogP contribution in [0.3, 0.4) is 0 Å². The molecule has 0 aliphatic heterocycles. The fraction of sp³-hybridized carbons (Fsp3) is 0. The summed E-state index contributed by atoms with van der Waals surface area (Å²) in [7, 11) is 0. The fourth-order valence-corrected chi connectivity index (χ4v) is 11.0. The molecule has 0 aliphatic rings. The highest BCUT2D eigenvalue weighted by Crippen LogP contribution is 2.48. The van der Waals surface area contributed by atoms with Gasteiger partial charge in [0.25, 0.3) is 0 Å². The predicted molar refractivity (Wildman–Crippen MR) is 272 cm³/mol. The summed E-state index contributed by atoms with van der Waals surface area (Å²) in [5.74, 6) is 0. The molecule has 10 aromatic carbocycles. The first-order chi connectivity index (χ1) is 31.7. The predicted octanol–water partition coefficient (Wildman–Crippen LogP) is 17.5. The first kappa shape index (κ1) is 36.5. The Hall–Kier alpha value is -8.18. The molecular weight excluding hydrogens is 797 g/mol. The molecule has 0 aliphatic carbocycles. The molecule has 64 heavy (non-hydrogen) atoms. The first-order valence-electron chi connectivity index (χ1n) is 21.7. The normalized spacial score (nSPS) is 11.8. The van der Waals surface area contributed by atoms with Gasteiger partial charge in [-0.3, -0.25) is 0 Å². The lowest BCUT2D eigenvalue weighted by Gasteiger charge is -2.29. The summed E-state index contributed by atoms with van der Waals surface area (Å²) < 4.78 is 11.8. The van der Waals surface area contributed by atoms with Crippen LogP contribution < -0.4 is 4.90 Å². The third kappa shape index (κ3) is 5.81. The topological polar surface area (TPSA) is 21.3 Å². The van der Waals surface area contributed by atoms with Gasteiger partial charge in [-0.05, 0) is 94.5 Å². The van der Waals surface area contributed by atoms with Crippen LogP contribution in [-0.2, 0) is 0 Å². The van der Waals surface area contributed by atoms with Gasteiger partial charge in [0.1, 0.15) is 11.2 Å². The first-order valence-corrected chi connectivity index (χ1v) is 22.6. The van der Waals surface area contributed by atoms with E-state index in [4.69, 9.17) is 4.42 Å². The molecule has 3 nitrogen and oxygen atoms in total. The number of thiophene rings is 1. The van der Waals surface area contributed by atoms with Crippen LogP contribution in [-0.4, -0.2) is 4.57 Å². The number of fused-ring (bicyclic) bond motifs is 10. The minimum absolute atomic E-state index is 0.886. The lowest BCUT2D eigenvalue weighted by Crippen LogP contribution is -2.13. The molecule has 13 rings (SSSR count). The second-order valence-corrected chi connectivity index (χ2v) is 17.5. The van der Waals surface area contributed by atoms with E-state index in [1.54, 1.807) is 0 Å². The largest absolute Gasteiger partial charge is 0.455 e. The van der Waals surface area contributed by atoms with Gasteiger partial charge in [-0.15, -0.1) is 11.3 Å². The van der Waals surface area contributed by atoms with Gasteiger partial charge in [-0.1, -0.05) is 164 Å². The molecule has 0 unspecified atom stereocenters. The summed E-state index contributed by atoms with van der Waals surface area (Å²) in [6.07, 6.45) is 0. The monoisotopic (exact) mass is 834 g/mol. The van der Waals surface area contributed by atoms with E-state index in [2.05, 4.69) is 234 Å². The van der Waals surface area contributed by atoms with E-state index < -0.39 is 0 Å². The van der Waals surface area contributed by atoms with Gasteiger partial charge >= 0.3 is 0 Å². The Kier molecular flexibility index (Phi) is 8.40. The summed E-state index contributed by atoms with van der Waals surface area (Å²) in [6, 6.07) is 83.4. The van der Waals surface area contributed by atoms with Crippen LogP contribution in [0.1, 0.15) is 0 Å². The van der Waals surface area contributed by atoms with Crippen LogP contribution in [0.15, 0.2) is 235 Å². The second-order valence-electron chi connectivity index (χ2n) is 16.4. The van der Waals surface area contributed by atoms with Crippen LogP contribution in [0.25, 0.3) is 103 Å². The number of para-hydroxylation sites is 3. The van der Waals surface area contributed by atoms with Crippen molar-refractivity contribution in [2.45, 2.75) is 0 Å². The summed E-state index contributed by atoms with van der Waals surface area (Å²) in [6.45, 7) is 0. The fourth-order valence-electron chi connectivity index (χ4n) is 9.86. The summed E-state index contributed by atoms with van der Waals surface area (Å²) >= 11 is 1.87. The number of hydrogen-bond acceptors (Lipinski definition) is 3. The highest BCUT2D eigenvalue weighted by molar-refractivity contribution is 7.26. The maximum atomic E-state index is 6.69. The van der Waals surface area contributed by atoms with Crippen molar-refractivity contribution in [2.75, 3.05) is 4.90 Å². The Morgan fingerprint density at radius 3 is 1.67 bits per heavy atom. The molecule has 3 heterocycles. The van der Waals surface area contributed by atoms with E-state index in [-0.39, 0.29) is 0 Å². The molecule has 0 fully saturated rings. The van der Waals surface area contributed by atoms with Crippen molar-refractivity contribution in [1.82, 2.24) is 4.57 Å². The van der Waals surface area contributed by atoms with Crippen molar-refractivity contribution < 1.29 is 4.42 Å². The SMILES string of the molecule is c1ccc(-c2ccc(N(c3ccc(-c4ccccc4)cc3)c3cc(-c4cccc5c4oc4ccccc45)ccc3-n3c4ccccc4c4c5c(ccc43)sc3ccccc35)cc2)cc1. The van der Waals surface area contributed by atoms with E-state index in [9.17, 15) is 0 Å². The summed E-state index contributed by atoms with van der Waals surface area (Å²) in [4.78, 5) is 2.43. The highest BCUT2D eigenvalue weighted by Gasteiger charge is 2.24. The molecule has 0 amide bonds. The molecule has 0 N–H and O–H groups in total. The number of nitrogens with zero attached hydrogens (tertiary/aromatic N) is 2. The molecule has 4 heteroatoms. The van der Waals surface area contributed by atoms with E-state index in [1.165, 1.54) is 58.7 Å². The second kappa shape index (κ2) is 14.7. The maximum absolute atomic E-state index is 6.69. The van der Waals surface area contributed by atoms with Gasteiger partial charge in [0.15, 0.2) is 0 Å². The molecule has 0 bridgehead atoms. The third-order valence-corrected chi connectivity index (χ3v) is 14.0. The van der Waals surface area contributed by atoms with Gasteiger partial charge in [-0.2, -0.15) is 0 Å². The number of furan rings is 1. The van der Waals surface area contributed by atoms with Gasteiger partial charge in [0, 0.05) is 58.7 Å².